The molecule has 0 saturated carbocycles. The zero-order valence-electron chi connectivity index (χ0n) is 14.6. The molecular weight excluding hydrogens is 344 g/mol. The molecule has 9 heteroatoms. The molecule has 0 aliphatic carbocycles. The molecule has 1 unspecified atom stereocenters. The second-order valence-electron chi connectivity index (χ2n) is 6.69. The zero-order valence-corrected chi connectivity index (χ0v) is 15.4. The van der Waals surface area contributed by atoms with Crippen molar-refractivity contribution in [1.29, 1.82) is 0 Å². The van der Waals surface area contributed by atoms with Gasteiger partial charge in [0.2, 0.25) is 15.9 Å². The van der Waals surface area contributed by atoms with Crippen LogP contribution in [-0.2, 0) is 26.1 Å². The van der Waals surface area contributed by atoms with Crippen LogP contribution in [0.2, 0.25) is 0 Å². The van der Waals surface area contributed by atoms with E-state index in [1.54, 1.807) is 15.8 Å². The molecule has 1 atom stereocenters. The lowest BCUT2D eigenvalue weighted by atomic mass is 10.1. The van der Waals surface area contributed by atoms with Gasteiger partial charge in [-0.1, -0.05) is 0 Å². The Kier molecular flexibility index (Phi) is 5.75. The molecule has 0 spiro atoms. The maximum atomic E-state index is 12.8. The lowest BCUT2D eigenvalue weighted by Gasteiger charge is -2.36. The number of amides is 1. The van der Waals surface area contributed by atoms with Crippen LogP contribution in [0.5, 0.6) is 0 Å². The Bertz CT molecular complexity index is 697. The first-order valence-electron chi connectivity index (χ1n) is 8.80. The van der Waals surface area contributed by atoms with Gasteiger partial charge in [-0.3, -0.25) is 9.48 Å². The normalized spacial score (nSPS) is 22.9. The van der Waals surface area contributed by atoms with Gasteiger partial charge in [0, 0.05) is 45.3 Å². The summed E-state index contributed by atoms with van der Waals surface area (Å²) in [5.74, 6) is -0.00460. The van der Waals surface area contributed by atoms with Crippen molar-refractivity contribution in [2.75, 3.05) is 39.4 Å². The van der Waals surface area contributed by atoms with Gasteiger partial charge in [0.15, 0.2) is 0 Å². The van der Waals surface area contributed by atoms with Gasteiger partial charge in [-0.15, -0.1) is 0 Å². The lowest BCUT2D eigenvalue weighted by molar-refractivity contribution is -0.132. The van der Waals surface area contributed by atoms with Crippen LogP contribution >= 0.6 is 0 Å². The van der Waals surface area contributed by atoms with Gasteiger partial charge in [0.05, 0.1) is 24.7 Å². The number of carbonyl (C=O) groups is 1. The Morgan fingerprint density at radius 1 is 1.32 bits per heavy atom. The van der Waals surface area contributed by atoms with Crippen molar-refractivity contribution >= 4 is 15.9 Å². The summed E-state index contributed by atoms with van der Waals surface area (Å²) in [4.78, 5) is 14.2. The van der Waals surface area contributed by atoms with E-state index >= 15 is 0 Å². The van der Waals surface area contributed by atoms with Crippen LogP contribution < -0.4 is 0 Å². The van der Waals surface area contributed by atoms with Gasteiger partial charge in [-0.25, -0.2) is 8.42 Å². The largest absolute Gasteiger partial charge is 0.379 e. The number of likely N-dealkylation sites (tertiary alicyclic amines) is 1. The average molecular weight is 370 g/mol. The summed E-state index contributed by atoms with van der Waals surface area (Å²) in [5.41, 5.74) is 1.06. The Labute approximate surface area is 148 Å². The van der Waals surface area contributed by atoms with E-state index in [-0.39, 0.29) is 12.5 Å². The maximum absolute atomic E-state index is 12.8. The van der Waals surface area contributed by atoms with Crippen LogP contribution in [0.25, 0.3) is 0 Å². The molecule has 0 aromatic carbocycles. The number of hydrogen-bond donors (Lipinski definition) is 0. The summed E-state index contributed by atoms with van der Waals surface area (Å²) < 4.78 is 34.1. The Morgan fingerprint density at radius 2 is 2.08 bits per heavy atom. The molecule has 3 rings (SSSR count). The zero-order chi connectivity index (χ0) is 17.9. The molecule has 0 N–H and O–H groups in total. The highest BCUT2D eigenvalue weighted by Crippen LogP contribution is 2.22. The molecule has 140 valence electrons. The standard InChI is InChI=1S/C16H26N4O4S/c1-14-11-17-19(12-14)6-4-16(21)18-5-2-3-15(13-18)25(22,23)20-7-9-24-10-8-20/h11-12,15H,2-10,13H2,1H3. The molecule has 1 aromatic heterocycles. The highest BCUT2D eigenvalue weighted by molar-refractivity contribution is 7.89. The topological polar surface area (TPSA) is 84.7 Å². The van der Waals surface area contributed by atoms with Gasteiger partial charge >= 0.3 is 0 Å². The van der Waals surface area contributed by atoms with E-state index in [0.717, 1.165) is 12.0 Å². The van der Waals surface area contributed by atoms with Gasteiger partial charge < -0.3 is 9.64 Å². The molecule has 3 heterocycles. The Morgan fingerprint density at radius 3 is 2.76 bits per heavy atom. The van der Waals surface area contributed by atoms with Crippen LogP contribution in [0, 0.1) is 6.92 Å². The van der Waals surface area contributed by atoms with Gasteiger partial charge in [0.1, 0.15) is 0 Å². The number of nitrogens with zero attached hydrogens (tertiary/aromatic N) is 4. The van der Waals surface area contributed by atoms with E-state index in [0.29, 0.717) is 52.2 Å². The molecular formula is C16H26N4O4S. The highest BCUT2D eigenvalue weighted by atomic mass is 32.2. The number of ether oxygens (including phenoxy) is 1. The van der Waals surface area contributed by atoms with E-state index < -0.39 is 15.3 Å². The minimum atomic E-state index is -3.37. The molecule has 25 heavy (non-hydrogen) atoms. The molecule has 2 aliphatic rings. The monoisotopic (exact) mass is 370 g/mol. The molecule has 0 bridgehead atoms. The lowest BCUT2D eigenvalue weighted by Crippen LogP contribution is -2.51. The molecule has 2 fully saturated rings. The van der Waals surface area contributed by atoms with E-state index in [4.69, 9.17) is 4.74 Å². The van der Waals surface area contributed by atoms with Crippen molar-refractivity contribution in [3.05, 3.63) is 18.0 Å². The number of morpholine rings is 1. The average Bonchev–Trinajstić information content (AvgIpc) is 3.06. The minimum absolute atomic E-state index is 0.00460. The predicted molar refractivity (Wildman–Crippen MR) is 92.5 cm³/mol. The van der Waals surface area contributed by atoms with Crippen LogP contribution in [0.1, 0.15) is 24.8 Å². The smallest absolute Gasteiger partial charge is 0.224 e. The second kappa shape index (κ2) is 7.84. The molecule has 1 aromatic rings. The molecule has 8 nitrogen and oxygen atoms in total. The Balaban J connectivity index is 1.57. The number of aromatic nitrogens is 2. The number of piperidine rings is 1. The van der Waals surface area contributed by atoms with Crippen molar-refractivity contribution in [1.82, 2.24) is 19.0 Å². The summed E-state index contributed by atoms with van der Waals surface area (Å²) in [6.07, 6.45) is 5.33. The first-order valence-corrected chi connectivity index (χ1v) is 10.3. The molecule has 0 radical (unpaired) electrons. The summed E-state index contributed by atoms with van der Waals surface area (Å²) in [5, 5.41) is 3.68. The predicted octanol–water partition coefficient (Wildman–Crippen LogP) is 0.235. The van der Waals surface area contributed by atoms with E-state index in [1.807, 2.05) is 13.1 Å². The summed E-state index contributed by atoms with van der Waals surface area (Å²) >= 11 is 0. The van der Waals surface area contributed by atoms with Crippen molar-refractivity contribution in [2.45, 2.75) is 38.0 Å². The summed E-state index contributed by atoms with van der Waals surface area (Å²) in [6.45, 7) is 5.09. The summed E-state index contributed by atoms with van der Waals surface area (Å²) in [7, 11) is -3.37. The second-order valence-corrected chi connectivity index (χ2v) is 8.90. The quantitative estimate of drug-likeness (QED) is 0.741. The number of hydrogen-bond acceptors (Lipinski definition) is 5. The maximum Gasteiger partial charge on any atom is 0.224 e. The van der Waals surface area contributed by atoms with Crippen molar-refractivity contribution < 1.29 is 17.9 Å². The number of carbonyl (C=O) groups excluding carboxylic acids is 1. The fraction of sp³-hybridized carbons (Fsp3) is 0.750. The van der Waals surface area contributed by atoms with E-state index in [1.165, 1.54) is 4.31 Å². The fourth-order valence-corrected chi connectivity index (χ4v) is 5.29. The van der Waals surface area contributed by atoms with Crippen LogP contribution in [0.15, 0.2) is 12.4 Å². The molecule has 2 saturated heterocycles. The van der Waals surface area contributed by atoms with E-state index in [9.17, 15) is 13.2 Å². The van der Waals surface area contributed by atoms with Crippen LogP contribution in [-0.4, -0.2) is 78.0 Å². The first kappa shape index (κ1) is 18.3. The first-order chi connectivity index (χ1) is 12.0. The third kappa shape index (κ3) is 4.39. The number of rotatable bonds is 5. The van der Waals surface area contributed by atoms with Gasteiger partial charge in [0.25, 0.3) is 0 Å². The number of sulfonamides is 1. The minimum Gasteiger partial charge on any atom is -0.379 e. The number of aryl methyl sites for hydroxylation is 2. The van der Waals surface area contributed by atoms with E-state index in [2.05, 4.69) is 5.10 Å². The van der Waals surface area contributed by atoms with Crippen molar-refractivity contribution in [3.63, 3.8) is 0 Å². The summed E-state index contributed by atoms with van der Waals surface area (Å²) in [6, 6.07) is 0. The SMILES string of the molecule is Cc1cnn(CCC(=O)N2CCCC(S(=O)(=O)N3CCOCC3)C2)c1. The third-order valence-corrected chi connectivity index (χ3v) is 7.11. The van der Waals surface area contributed by atoms with Crippen LogP contribution in [0.4, 0.5) is 0 Å². The van der Waals surface area contributed by atoms with Gasteiger partial charge in [-0.05, 0) is 25.3 Å². The van der Waals surface area contributed by atoms with Crippen molar-refractivity contribution in [3.8, 4) is 0 Å². The third-order valence-electron chi connectivity index (χ3n) is 4.80. The highest BCUT2D eigenvalue weighted by Gasteiger charge is 2.37. The fourth-order valence-electron chi connectivity index (χ4n) is 3.38. The van der Waals surface area contributed by atoms with Gasteiger partial charge in [-0.2, -0.15) is 9.40 Å². The molecule has 2 aliphatic heterocycles. The van der Waals surface area contributed by atoms with Crippen molar-refractivity contribution in [2.24, 2.45) is 0 Å². The molecule has 1 amide bonds. The van der Waals surface area contributed by atoms with Crippen LogP contribution in [0.3, 0.4) is 0 Å². The Hall–Kier alpha value is -1.45.